The van der Waals surface area contributed by atoms with Crippen LogP contribution in [0, 0.1) is 0 Å². The van der Waals surface area contributed by atoms with Crippen molar-refractivity contribution in [1.29, 1.82) is 0 Å². The standard InChI is InChI=1S/C17H18N2O2S2/c1-12(2)17-18-14(9-22-17)10-23(20)11-15-8-16(19-21-15)13-6-4-3-5-7-13/h3-9,12H,10-11H2,1-2H3/t23-/m0/s1. The number of hydrogen-bond donors (Lipinski definition) is 0. The van der Waals surface area contributed by atoms with Gasteiger partial charge in [-0.1, -0.05) is 49.3 Å². The molecule has 0 saturated heterocycles. The van der Waals surface area contributed by atoms with Gasteiger partial charge in [-0.2, -0.15) is 0 Å². The number of thiazole rings is 1. The second-order valence-electron chi connectivity index (χ2n) is 5.60. The van der Waals surface area contributed by atoms with Gasteiger partial charge in [0.15, 0.2) is 0 Å². The Morgan fingerprint density at radius 3 is 2.70 bits per heavy atom. The van der Waals surface area contributed by atoms with Crippen LogP contribution < -0.4 is 0 Å². The summed E-state index contributed by atoms with van der Waals surface area (Å²) in [4.78, 5) is 4.52. The first kappa shape index (κ1) is 16.1. The molecule has 0 N–H and O–H groups in total. The first-order valence-electron chi connectivity index (χ1n) is 7.42. The van der Waals surface area contributed by atoms with E-state index in [1.54, 1.807) is 11.3 Å². The molecule has 0 saturated carbocycles. The summed E-state index contributed by atoms with van der Waals surface area (Å²) in [6, 6.07) is 11.7. The van der Waals surface area contributed by atoms with E-state index in [1.165, 1.54) is 0 Å². The van der Waals surface area contributed by atoms with Crippen molar-refractivity contribution in [3.8, 4) is 11.3 Å². The summed E-state index contributed by atoms with van der Waals surface area (Å²) in [5.74, 6) is 1.85. The molecule has 2 heterocycles. The molecule has 6 heteroatoms. The predicted octanol–water partition coefficient (Wildman–Crippen LogP) is 4.37. The largest absolute Gasteiger partial charge is 0.360 e. The van der Waals surface area contributed by atoms with Crippen LogP contribution in [0.2, 0.25) is 0 Å². The molecule has 3 aromatic rings. The highest BCUT2D eigenvalue weighted by molar-refractivity contribution is 7.83. The van der Waals surface area contributed by atoms with Gasteiger partial charge in [0.05, 0.1) is 22.2 Å². The second-order valence-corrected chi connectivity index (χ2v) is 7.95. The van der Waals surface area contributed by atoms with Crippen molar-refractivity contribution in [2.24, 2.45) is 0 Å². The van der Waals surface area contributed by atoms with Crippen molar-refractivity contribution in [3.05, 3.63) is 58.2 Å². The molecule has 0 aliphatic rings. The average molecular weight is 346 g/mol. The average Bonchev–Trinajstić information content (AvgIpc) is 3.18. The molecule has 0 amide bonds. The maximum atomic E-state index is 12.3. The molecule has 1 atom stereocenters. The molecule has 2 aromatic heterocycles. The Labute approximate surface area is 142 Å². The van der Waals surface area contributed by atoms with Crippen LogP contribution in [-0.2, 0) is 22.3 Å². The van der Waals surface area contributed by atoms with Gasteiger partial charge < -0.3 is 4.52 Å². The number of rotatable bonds is 6. The lowest BCUT2D eigenvalue weighted by atomic mass is 10.1. The Morgan fingerprint density at radius 1 is 1.22 bits per heavy atom. The van der Waals surface area contributed by atoms with Crippen molar-refractivity contribution in [2.75, 3.05) is 0 Å². The summed E-state index contributed by atoms with van der Waals surface area (Å²) in [6.45, 7) is 4.22. The van der Waals surface area contributed by atoms with E-state index in [0.29, 0.717) is 23.2 Å². The van der Waals surface area contributed by atoms with E-state index in [2.05, 4.69) is 24.0 Å². The van der Waals surface area contributed by atoms with Gasteiger partial charge in [-0.15, -0.1) is 11.3 Å². The number of hydrogen-bond acceptors (Lipinski definition) is 5. The van der Waals surface area contributed by atoms with E-state index >= 15 is 0 Å². The fraction of sp³-hybridized carbons (Fsp3) is 0.294. The molecule has 0 aliphatic heterocycles. The van der Waals surface area contributed by atoms with Crippen molar-refractivity contribution < 1.29 is 8.73 Å². The van der Waals surface area contributed by atoms with Crippen LogP contribution in [0.4, 0.5) is 0 Å². The van der Waals surface area contributed by atoms with Gasteiger partial charge in [0, 0.05) is 33.7 Å². The van der Waals surface area contributed by atoms with Gasteiger partial charge >= 0.3 is 0 Å². The summed E-state index contributed by atoms with van der Waals surface area (Å²) in [5, 5.41) is 7.13. The Balaban J connectivity index is 1.63. The van der Waals surface area contributed by atoms with Crippen molar-refractivity contribution in [3.63, 3.8) is 0 Å². The smallest absolute Gasteiger partial charge is 0.149 e. The lowest BCUT2D eigenvalue weighted by molar-refractivity contribution is 0.396. The molecule has 120 valence electrons. The van der Waals surface area contributed by atoms with E-state index in [1.807, 2.05) is 41.8 Å². The summed E-state index contributed by atoms with van der Waals surface area (Å²) in [7, 11) is -1.05. The van der Waals surface area contributed by atoms with Gasteiger partial charge in [0.25, 0.3) is 0 Å². The van der Waals surface area contributed by atoms with Crippen LogP contribution in [0.1, 0.15) is 36.2 Å². The molecule has 0 aliphatic carbocycles. The molecular formula is C17H18N2O2S2. The van der Waals surface area contributed by atoms with Gasteiger partial charge in [0.2, 0.25) is 0 Å². The summed E-state index contributed by atoms with van der Waals surface area (Å²) in [5.41, 5.74) is 2.66. The second kappa shape index (κ2) is 7.19. The highest BCUT2D eigenvalue weighted by atomic mass is 32.2. The monoisotopic (exact) mass is 346 g/mol. The molecule has 23 heavy (non-hydrogen) atoms. The normalized spacial score (nSPS) is 12.7. The molecule has 1 aromatic carbocycles. The predicted molar refractivity (Wildman–Crippen MR) is 93.7 cm³/mol. The van der Waals surface area contributed by atoms with Crippen LogP contribution in [0.15, 0.2) is 46.3 Å². The minimum Gasteiger partial charge on any atom is -0.360 e. The summed E-state index contributed by atoms with van der Waals surface area (Å²) >= 11 is 1.63. The quantitative estimate of drug-likeness (QED) is 0.665. The maximum Gasteiger partial charge on any atom is 0.149 e. The Morgan fingerprint density at radius 2 is 2.00 bits per heavy atom. The fourth-order valence-corrected chi connectivity index (χ4v) is 4.13. The zero-order valence-electron chi connectivity index (χ0n) is 13.1. The van der Waals surface area contributed by atoms with Crippen LogP contribution in [0.5, 0.6) is 0 Å². The zero-order chi connectivity index (χ0) is 16.2. The lowest BCUT2D eigenvalue weighted by Crippen LogP contribution is -1.99. The Bertz CT molecular complexity index is 794. The molecule has 0 unspecified atom stereocenters. The number of benzene rings is 1. The molecule has 0 radical (unpaired) electrons. The molecule has 4 nitrogen and oxygen atoms in total. The van der Waals surface area contributed by atoms with Crippen LogP contribution >= 0.6 is 11.3 Å². The lowest BCUT2D eigenvalue weighted by Gasteiger charge is -1.98. The van der Waals surface area contributed by atoms with Crippen molar-refractivity contribution in [2.45, 2.75) is 31.3 Å². The minimum atomic E-state index is -1.05. The SMILES string of the molecule is CC(C)c1nc(C[S@](=O)Cc2cc(-c3ccccc3)no2)cs1. The maximum absolute atomic E-state index is 12.3. The summed E-state index contributed by atoms with van der Waals surface area (Å²) in [6.07, 6.45) is 0. The van der Waals surface area contributed by atoms with E-state index in [4.69, 9.17) is 4.52 Å². The molecular weight excluding hydrogens is 328 g/mol. The van der Waals surface area contributed by atoms with E-state index in [0.717, 1.165) is 22.0 Å². The molecule has 0 fully saturated rings. The van der Waals surface area contributed by atoms with E-state index < -0.39 is 10.8 Å². The summed E-state index contributed by atoms with van der Waals surface area (Å²) < 4.78 is 17.6. The van der Waals surface area contributed by atoms with E-state index in [-0.39, 0.29) is 0 Å². The Hall–Kier alpha value is -1.79. The molecule has 3 rings (SSSR count). The zero-order valence-corrected chi connectivity index (χ0v) is 14.7. The Kier molecular flexibility index (Phi) is 5.03. The van der Waals surface area contributed by atoms with Gasteiger partial charge in [-0.3, -0.25) is 4.21 Å². The number of nitrogens with zero attached hydrogens (tertiary/aromatic N) is 2. The minimum absolute atomic E-state index is 0.356. The number of aromatic nitrogens is 2. The first-order valence-corrected chi connectivity index (χ1v) is 9.79. The molecule has 0 spiro atoms. The third kappa shape index (κ3) is 4.14. The van der Waals surface area contributed by atoms with Crippen LogP contribution in [0.3, 0.4) is 0 Å². The van der Waals surface area contributed by atoms with Gasteiger partial charge in [-0.05, 0) is 0 Å². The highest BCUT2D eigenvalue weighted by Crippen LogP contribution is 2.22. The topological polar surface area (TPSA) is 56.0 Å². The fourth-order valence-electron chi connectivity index (χ4n) is 2.15. The third-order valence-electron chi connectivity index (χ3n) is 3.30. The van der Waals surface area contributed by atoms with Gasteiger partial charge in [0.1, 0.15) is 11.5 Å². The van der Waals surface area contributed by atoms with Crippen molar-refractivity contribution >= 4 is 22.1 Å². The highest BCUT2D eigenvalue weighted by Gasteiger charge is 2.12. The van der Waals surface area contributed by atoms with Crippen LogP contribution in [-0.4, -0.2) is 14.3 Å². The van der Waals surface area contributed by atoms with E-state index in [9.17, 15) is 4.21 Å². The van der Waals surface area contributed by atoms with Crippen LogP contribution in [0.25, 0.3) is 11.3 Å². The van der Waals surface area contributed by atoms with Crippen molar-refractivity contribution in [1.82, 2.24) is 10.1 Å². The van der Waals surface area contributed by atoms with Gasteiger partial charge in [-0.25, -0.2) is 4.98 Å². The molecule has 0 bridgehead atoms. The first-order chi connectivity index (χ1) is 11.1. The third-order valence-corrected chi connectivity index (χ3v) is 5.72.